The van der Waals surface area contributed by atoms with Gasteiger partial charge in [0.05, 0.1) is 0 Å². The van der Waals surface area contributed by atoms with Gasteiger partial charge in [0, 0.05) is 20.7 Å². The third-order valence-electron chi connectivity index (χ3n) is 2.73. The van der Waals surface area contributed by atoms with Gasteiger partial charge in [-0.25, -0.2) is 0 Å². The summed E-state index contributed by atoms with van der Waals surface area (Å²) in [5.74, 6) is 2.49. The van der Waals surface area contributed by atoms with E-state index in [1.54, 1.807) is 17.8 Å². The van der Waals surface area contributed by atoms with E-state index in [1.807, 2.05) is 12.1 Å². The molecule has 1 aromatic carbocycles. The molecule has 0 aliphatic rings. The quantitative estimate of drug-likeness (QED) is 0.551. The molecule has 17 heavy (non-hydrogen) atoms. The molecular formula is C13H18Cl2S2. The molecule has 0 saturated carbocycles. The van der Waals surface area contributed by atoms with Gasteiger partial charge >= 0.3 is 0 Å². The van der Waals surface area contributed by atoms with Crippen molar-refractivity contribution in [1.82, 2.24) is 0 Å². The predicted molar refractivity (Wildman–Crippen MR) is 84.0 cm³/mol. The average molecular weight is 309 g/mol. The highest BCUT2D eigenvalue weighted by Crippen LogP contribution is 2.34. The molecule has 0 heterocycles. The summed E-state index contributed by atoms with van der Waals surface area (Å²) in [6, 6.07) is 5.67. The van der Waals surface area contributed by atoms with Crippen LogP contribution in [0.3, 0.4) is 0 Å². The summed E-state index contributed by atoms with van der Waals surface area (Å²) in [6.45, 7) is 6.75. The number of halogens is 2. The fraction of sp³-hybridized carbons (Fsp3) is 0.538. The normalized spacial score (nSPS) is 13.8. The lowest BCUT2D eigenvalue weighted by Crippen LogP contribution is -2.24. The second-order valence-corrected chi connectivity index (χ2v) is 7.49. The smallest absolute Gasteiger partial charge is 0.0431 e. The van der Waals surface area contributed by atoms with E-state index < -0.39 is 0 Å². The first-order valence-corrected chi connectivity index (χ1v) is 7.90. The fourth-order valence-electron chi connectivity index (χ4n) is 1.39. The summed E-state index contributed by atoms with van der Waals surface area (Å²) >= 11 is 18.2. The van der Waals surface area contributed by atoms with Crippen molar-refractivity contribution in [2.45, 2.75) is 25.7 Å². The zero-order chi connectivity index (χ0) is 13.1. The molecule has 0 nitrogen and oxygen atoms in total. The van der Waals surface area contributed by atoms with Crippen LogP contribution in [0.25, 0.3) is 0 Å². The summed E-state index contributed by atoms with van der Waals surface area (Å²) in [4.78, 5) is 1.12. The van der Waals surface area contributed by atoms with Crippen LogP contribution in [0.2, 0.25) is 10.0 Å². The van der Waals surface area contributed by atoms with Gasteiger partial charge in [-0.15, -0.1) is 11.8 Å². The van der Waals surface area contributed by atoms with Crippen LogP contribution in [0, 0.1) is 11.3 Å². The third kappa shape index (κ3) is 5.34. The Kier molecular flexibility index (Phi) is 6.04. The van der Waals surface area contributed by atoms with Crippen molar-refractivity contribution in [3.8, 4) is 0 Å². The molecule has 0 radical (unpaired) electrons. The molecular weight excluding hydrogens is 291 g/mol. The van der Waals surface area contributed by atoms with Gasteiger partial charge in [-0.05, 0) is 35.3 Å². The molecule has 1 aromatic rings. The molecule has 0 fully saturated rings. The molecule has 0 N–H and O–H groups in total. The Labute approximate surface area is 124 Å². The molecule has 0 spiro atoms. The first-order chi connectivity index (χ1) is 7.82. The average Bonchev–Trinajstić information content (AvgIpc) is 2.14. The molecule has 1 atom stereocenters. The molecule has 0 aliphatic carbocycles. The largest absolute Gasteiger partial charge is 0.179 e. The lowest BCUT2D eigenvalue weighted by molar-refractivity contribution is 0.294. The highest BCUT2D eigenvalue weighted by molar-refractivity contribution is 7.99. The first-order valence-electron chi connectivity index (χ1n) is 5.52. The van der Waals surface area contributed by atoms with Crippen LogP contribution in [0.1, 0.15) is 20.8 Å². The summed E-state index contributed by atoms with van der Waals surface area (Å²) in [7, 11) is 0. The van der Waals surface area contributed by atoms with Crippen LogP contribution >= 0.6 is 47.6 Å². The van der Waals surface area contributed by atoms with Gasteiger partial charge in [0.25, 0.3) is 0 Å². The Bertz CT molecular complexity index is 352. The molecule has 0 aromatic heterocycles. The van der Waals surface area contributed by atoms with E-state index in [2.05, 4.69) is 33.4 Å². The molecule has 0 amide bonds. The van der Waals surface area contributed by atoms with Crippen molar-refractivity contribution in [1.29, 1.82) is 0 Å². The van der Waals surface area contributed by atoms with Crippen molar-refractivity contribution in [3.63, 3.8) is 0 Å². The zero-order valence-electron chi connectivity index (χ0n) is 10.3. The van der Waals surface area contributed by atoms with Crippen LogP contribution in [0.5, 0.6) is 0 Å². The Morgan fingerprint density at radius 3 is 2.12 bits per heavy atom. The minimum atomic E-state index is 0.275. The van der Waals surface area contributed by atoms with Gasteiger partial charge < -0.3 is 0 Å². The number of thioether (sulfide) groups is 1. The molecule has 96 valence electrons. The summed E-state index contributed by atoms with van der Waals surface area (Å²) < 4.78 is 0. The maximum absolute atomic E-state index is 5.98. The van der Waals surface area contributed by atoms with Crippen LogP contribution in [-0.2, 0) is 0 Å². The molecule has 1 unspecified atom stereocenters. The lowest BCUT2D eigenvalue weighted by Gasteiger charge is -2.29. The van der Waals surface area contributed by atoms with Crippen molar-refractivity contribution in [3.05, 3.63) is 28.2 Å². The van der Waals surface area contributed by atoms with E-state index in [9.17, 15) is 0 Å². The molecule has 1 rings (SSSR count). The molecule has 0 saturated heterocycles. The highest BCUT2D eigenvalue weighted by Gasteiger charge is 2.23. The van der Waals surface area contributed by atoms with Gasteiger partial charge in [-0.1, -0.05) is 44.0 Å². The molecule has 4 heteroatoms. The van der Waals surface area contributed by atoms with E-state index in [0.29, 0.717) is 16.0 Å². The third-order valence-corrected chi connectivity index (χ3v) is 4.75. The summed E-state index contributed by atoms with van der Waals surface area (Å²) in [5.41, 5.74) is 0.275. The second kappa shape index (κ2) is 6.60. The second-order valence-electron chi connectivity index (χ2n) is 5.16. The Morgan fingerprint density at radius 1 is 1.18 bits per heavy atom. The summed E-state index contributed by atoms with van der Waals surface area (Å²) in [5, 5.41) is 1.39. The molecule has 0 bridgehead atoms. The van der Waals surface area contributed by atoms with E-state index in [-0.39, 0.29) is 5.41 Å². The first kappa shape index (κ1) is 15.6. The van der Waals surface area contributed by atoms with Gasteiger partial charge in [0.1, 0.15) is 0 Å². The van der Waals surface area contributed by atoms with Gasteiger partial charge in [0.15, 0.2) is 0 Å². The number of rotatable bonds is 4. The van der Waals surface area contributed by atoms with Crippen molar-refractivity contribution >= 4 is 47.6 Å². The number of benzene rings is 1. The maximum atomic E-state index is 5.98. The number of hydrogen-bond donors (Lipinski definition) is 1. The van der Waals surface area contributed by atoms with Crippen LogP contribution in [-0.4, -0.2) is 11.5 Å². The fourth-order valence-corrected chi connectivity index (χ4v) is 4.32. The van der Waals surface area contributed by atoms with Crippen LogP contribution in [0.15, 0.2) is 23.1 Å². The monoisotopic (exact) mass is 308 g/mol. The van der Waals surface area contributed by atoms with E-state index in [0.717, 1.165) is 16.4 Å². The Morgan fingerprint density at radius 2 is 1.71 bits per heavy atom. The Hall–Kier alpha value is 0.500. The lowest BCUT2D eigenvalue weighted by atomic mass is 9.83. The van der Waals surface area contributed by atoms with Gasteiger partial charge in [-0.3, -0.25) is 0 Å². The van der Waals surface area contributed by atoms with Crippen molar-refractivity contribution in [2.24, 2.45) is 11.3 Å². The predicted octanol–water partition coefficient (Wildman–Crippen LogP) is 5.68. The van der Waals surface area contributed by atoms with E-state index in [1.165, 1.54) is 0 Å². The highest BCUT2D eigenvalue weighted by atomic mass is 35.5. The molecule has 0 aliphatic heterocycles. The minimum absolute atomic E-state index is 0.275. The summed E-state index contributed by atoms with van der Waals surface area (Å²) in [6.07, 6.45) is 0. The van der Waals surface area contributed by atoms with E-state index >= 15 is 0 Å². The van der Waals surface area contributed by atoms with Crippen molar-refractivity contribution < 1.29 is 0 Å². The topological polar surface area (TPSA) is 0 Å². The van der Waals surface area contributed by atoms with Crippen LogP contribution in [0.4, 0.5) is 0 Å². The van der Waals surface area contributed by atoms with Crippen LogP contribution < -0.4 is 0 Å². The minimum Gasteiger partial charge on any atom is -0.179 e. The number of hydrogen-bond acceptors (Lipinski definition) is 2. The van der Waals surface area contributed by atoms with Gasteiger partial charge in [-0.2, -0.15) is 12.6 Å². The van der Waals surface area contributed by atoms with Crippen molar-refractivity contribution in [2.75, 3.05) is 11.5 Å². The maximum Gasteiger partial charge on any atom is 0.0431 e. The standard InChI is InChI=1S/C13H18Cl2S2/c1-13(2,3)9(7-16)8-17-12-5-10(14)4-11(15)6-12/h4-6,9,16H,7-8H2,1-3H3. The number of thiol groups is 1. The Balaban J connectivity index is 2.66. The zero-order valence-corrected chi connectivity index (χ0v) is 13.6. The van der Waals surface area contributed by atoms with E-state index in [4.69, 9.17) is 23.2 Å². The SMILES string of the molecule is CC(C)(C)C(CS)CSc1cc(Cl)cc(Cl)c1. The van der Waals surface area contributed by atoms with Gasteiger partial charge in [0.2, 0.25) is 0 Å².